The Morgan fingerprint density at radius 1 is 1.47 bits per heavy atom. The van der Waals surface area contributed by atoms with Crippen LogP contribution in [0.25, 0.3) is 0 Å². The molecule has 0 unspecified atom stereocenters. The summed E-state index contributed by atoms with van der Waals surface area (Å²) in [5.41, 5.74) is 0.910. The second-order valence-electron chi connectivity index (χ2n) is 3.85. The molecule has 1 atom stereocenters. The summed E-state index contributed by atoms with van der Waals surface area (Å²) in [6.07, 6.45) is 8.35. The van der Waals surface area contributed by atoms with Crippen molar-refractivity contribution in [1.82, 2.24) is 14.9 Å². The normalized spacial score (nSPS) is 21.4. The molecule has 4 heteroatoms. The Morgan fingerprint density at radius 2 is 2.33 bits per heavy atom. The van der Waals surface area contributed by atoms with Crippen LogP contribution in [-0.4, -0.2) is 27.3 Å². The van der Waals surface area contributed by atoms with Crippen molar-refractivity contribution >= 4 is 5.91 Å². The minimum absolute atomic E-state index is 0.130. The van der Waals surface area contributed by atoms with E-state index in [4.69, 9.17) is 0 Å². The van der Waals surface area contributed by atoms with Gasteiger partial charge < -0.3 is 4.90 Å². The summed E-state index contributed by atoms with van der Waals surface area (Å²) in [6, 6.07) is 0.130. The Labute approximate surface area is 89.3 Å². The number of piperidine rings is 1. The van der Waals surface area contributed by atoms with Gasteiger partial charge >= 0.3 is 0 Å². The molecule has 2 rings (SSSR count). The van der Waals surface area contributed by atoms with Gasteiger partial charge in [-0.15, -0.1) is 0 Å². The quantitative estimate of drug-likeness (QED) is 0.698. The summed E-state index contributed by atoms with van der Waals surface area (Å²) in [6.45, 7) is 2.46. The number of likely N-dealkylation sites (tertiary alicyclic amines) is 1. The van der Waals surface area contributed by atoms with Crippen molar-refractivity contribution in [2.75, 3.05) is 6.54 Å². The molecule has 0 N–H and O–H groups in total. The van der Waals surface area contributed by atoms with Crippen LogP contribution >= 0.6 is 0 Å². The van der Waals surface area contributed by atoms with Crippen molar-refractivity contribution in [3.05, 3.63) is 24.3 Å². The molecule has 0 saturated carbocycles. The fraction of sp³-hybridized carbons (Fsp3) is 0.545. The Kier molecular flexibility index (Phi) is 2.94. The molecule has 80 valence electrons. The van der Waals surface area contributed by atoms with Gasteiger partial charge in [-0.25, -0.2) is 0 Å². The van der Waals surface area contributed by atoms with Gasteiger partial charge in [-0.2, -0.15) is 0 Å². The van der Waals surface area contributed by atoms with E-state index in [-0.39, 0.29) is 11.9 Å². The number of carbonyl (C=O) groups is 1. The average Bonchev–Trinajstić information content (AvgIpc) is 2.30. The molecule has 0 aliphatic carbocycles. The summed E-state index contributed by atoms with van der Waals surface area (Å²) in [7, 11) is 0. The predicted molar refractivity (Wildman–Crippen MR) is 56.0 cm³/mol. The number of nitrogens with zero attached hydrogens (tertiary/aromatic N) is 3. The van der Waals surface area contributed by atoms with Crippen LogP contribution < -0.4 is 0 Å². The van der Waals surface area contributed by atoms with Crippen LogP contribution in [0.3, 0.4) is 0 Å². The molecule has 0 aromatic carbocycles. The van der Waals surface area contributed by atoms with E-state index >= 15 is 0 Å². The lowest BCUT2D eigenvalue weighted by molar-refractivity contribution is -0.132. The highest BCUT2D eigenvalue weighted by molar-refractivity contribution is 5.73. The maximum atomic E-state index is 11.5. The first kappa shape index (κ1) is 10.1. The van der Waals surface area contributed by atoms with Crippen molar-refractivity contribution in [1.29, 1.82) is 0 Å². The van der Waals surface area contributed by atoms with Crippen LogP contribution in [0.5, 0.6) is 0 Å². The monoisotopic (exact) mass is 205 g/mol. The number of carbonyl (C=O) groups excluding carboxylic acids is 1. The predicted octanol–water partition coefficient (Wildman–Crippen LogP) is 1.55. The fourth-order valence-corrected chi connectivity index (χ4v) is 2.10. The van der Waals surface area contributed by atoms with Gasteiger partial charge in [-0.05, 0) is 19.3 Å². The standard InChI is InChI=1S/C11H15N3O/c1-9(15)14-7-3-2-4-11(14)10-8-12-5-6-13-10/h5-6,8,11H,2-4,7H2,1H3/t11-/m0/s1. The van der Waals surface area contributed by atoms with Crippen LogP contribution in [0, 0.1) is 0 Å². The SMILES string of the molecule is CC(=O)N1CCCC[C@H]1c1cnccn1. The van der Waals surface area contributed by atoms with Crippen molar-refractivity contribution < 1.29 is 4.79 Å². The van der Waals surface area contributed by atoms with Gasteiger partial charge in [0.2, 0.25) is 5.91 Å². The molecule has 4 nitrogen and oxygen atoms in total. The maximum Gasteiger partial charge on any atom is 0.220 e. The van der Waals surface area contributed by atoms with Crippen molar-refractivity contribution in [2.24, 2.45) is 0 Å². The third kappa shape index (κ3) is 2.14. The molecule has 1 aliphatic rings. The van der Waals surface area contributed by atoms with E-state index in [1.165, 1.54) is 0 Å². The molecule has 15 heavy (non-hydrogen) atoms. The first-order valence-electron chi connectivity index (χ1n) is 5.32. The van der Waals surface area contributed by atoms with E-state index in [0.29, 0.717) is 0 Å². The van der Waals surface area contributed by atoms with Crippen molar-refractivity contribution in [3.63, 3.8) is 0 Å². The van der Waals surface area contributed by atoms with Crippen LogP contribution in [0.1, 0.15) is 37.9 Å². The molecule has 1 fully saturated rings. The lowest BCUT2D eigenvalue weighted by Crippen LogP contribution is -2.37. The highest BCUT2D eigenvalue weighted by Gasteiger charge is 2.26. The van der Waals surface area contributed by atoms with Crippen molar-refractivity contribution in [3.8, 4) is 0 Å². The first-order valence-corrected chi connectivity index (χ1v) is 5.32. The molecular formula is C11H15N3O. The zero-order valence-corrected chi connectivity index (χ0v) is 8.89. The molecule has 1 aromatic rings. The van der Waals surface area contributed by atoms with Gasteiger partial charge in [-0.3, -0.25) is 14.8 Å². The third-order valence-corrected chi connectivity index (χ3v) is 2.83. The second kappa shape index (κ2) is 4.38. The summed E-state index contributed by atoms with van der Waals surface area (Å²) in [4.78, 5) is 21.7. The maximum absolute atomic E-state index is 11.5. The van der Waals surface area contributed by atoms with E-state index in [2.05, 4.69) is 9.97 Å². The third-order valence-electron chi connectivity index (χ3n) is 2.83. The number of hydrogen-bond acceptors (Lipinski definition) is 3. The zero-order valence-electron chi connectivity index (χ0n) is 8.89. The summed E-state index contributed by atoms with van der Waals surface area (Å²) >= 11 is 0. The molecule has 0 bridgehead atoms. The van der Waals surface area contributed by atoms with E-state index in [1.54, 1.807) is 25.5 Å². The number of hydrogen-bond donors (Lipinski definition) is 0. The molecular weight excluding hydrogens is 190 g/mol. The highest BCUT2D eigenvalue weighted by Crippen LogP contribution is 2.28. The van der Waals surface area contributed by atoms with Crippen LogP contribution in [0.4, 0.5) is 0 Å². The molecule has 1 amide bonds. The van der Waals surface area contributed by atoms with Crippen LogP contribution in [0.15, 0.2) is 18.6 Å². The van der Waals surface area contributed by atoms with Gasteiger partial charge in [0.15, 0.2) is 0 Å². The minimum Gasteiger partial charge on any atom is -0.334 e. The highest BCUT2D eigenvalue weighted by atomic mass is 16.2. The molecule has 0 spiro atoms. The topological polar surface area (TPSA) is 46.1 Å². The molecule has 0 radical (unpaired) electrons. The second-order valence-corrected chi connectivity index (χ2v) is 3.85. The number of aromatic nitrogens is 2. The first-order chi connectivity index (χ1) is 7.29. The van der Waals surface area contributed by atoms with Gasteiger partial charge in [0.05, 0.1) is 17.9 Å². The van der Waals surface area contributed by atoms with E-state index in [9.17, 15) is 4.79 Å². The summed E-state index contributed by atoms with van der Waals surface area (Å²) < 4.78 is 0. The van der Waals surface area contributed by atoms with E-state index in [1.807, 2.05) is 4.90 Å². The number of rotatable bonds is 1. The van der Waals surface area contributed by atoms with Crippen LogP contribution in [0.2, 0.25) is 0 Å². The molecule has 2 heterocycles. The molecule has 1 aromatic heterocycles. The van der Waals surface area contributed by atoms with Gasteiger partial charge in [0.25, 0.3) is 0 Å². The van der Waals surface area contributed by atoms with Gasteiger partial charge in [-0.1, -0.05) is 0 Å². The molecule has 1 saturated heterocycles. The average molecular weight is 205 g/mol. The fourth-order valence-electron chi connectivity index (χ4n) is 2.10. The number of amides is 1. The summed E-state index contributed by atoms with van der Waals surface area (Å²) in [5, 5.41) is 0. The van der Waals surface area contributed by atoms with Crippen molar-refractivity contribution in [2.45, 2.75) is 32.2 Å². The van der Waals surface area contributed by atoms with E-state index < -0.39 is 0 Å². The van der Waals surface area contributed by atoms with E-state index in [0.717, 1.165) is 31.5 Å². The Balaban J connectivity index is 2.22. The minimum atomic E-state index is 0.130. The Hall–Kier alpha value is -1.45. The van der Waals surface area contributed by atoms with Gasteiger partial charge in [0, 0.05) is 25.9 Å². The smallest absolute Gasteiger partial charge is 0.220 e. The molecule has 1 aliphatic heterocycles. The van der Waals surface area contributed by atoms with Gasteiger partial charge in [0.1, 0.15) is 0 Å². The van der Waals surface area contributed by atoms with Crippen LogP contribution in [-0.2, 0) is 4.79 Å². The lowest BCUT2D eigenvalue weighted by Gasteiger charge is -2.34. The Bertz CT molecular complexity index is 339. The lowest BCUT2D eigenvalue weighted by atomic mass is 9.99. The Morgan fingerprint density at radius 3 is 3.00 bits per heavy atom. The summed E-state index contributed by atoms with van der Waals surface area (Å²) in [5.74, 6) is 0.130. The largest absolute Gasteiger partial charge is 0.334 e. The zero-order chi connectivity index (χ0) is 10.7.